The van der Waals surface area contributed by atoms with Gasteiger partial charge in [-0.3, -0.25) is 0 Å². The van der Waals surface area contributed by atoms with Gasteiger partial charge in [-0.1, -0.05) is 34.6 Å². The van der Waals surface area contributed by atoms with Crippen LogP contribution in [0, 0.1) is 23.2 Å². The van der Waals surface area contributed by atoms with E-state index in [2.05, 4.69) is 44.0 Å². The van der Waals surface area contributed by atoms with E-state index in [1.807, 2.05) is 6.92 Å². The molecule has 0 radical (unpaired) electrons. The molecule has 0 bridgehead atoms. The first kappa shape index (κ1) is 15.4. The molecule has 0 aromatic rings. The Morgan fingerprint density at radius 2 is 1.56 bits per heavy atom. The van der Waals surface area contributed by atoms with Crippen LogP contribution in [0.5, 0.6) is 0 Å². The van der Waals surface area contributed by atoms with Gasteiger partial charge >= 0.3 is 0 Å². The van der Waals surface area contributed by atoms with Crippen LogP contribution in [-0.2, 0) is 0 Å². The topological polar surface area (TPSA) is 39.1 Å². The molecule has 1 N–H and O–H groups in total. The van der Waals surface area contributed by atoms with Gasteiger partial charge in [0.05, 0.1) is 6.07 Å². The summed E-state index contributed by atoms with van der Waals surface area (Å²) in [6.07, 6.45) is 0. The maximum atomic E-state index is 9.04. The molecule has 1 atom stereocenters. The summed E-state index contributed by atoms with van der Waals surface area (Å²) in [7, 11) is 0. The molecule has 0 fully saturated rings. The van der Waals surface area contributed by atoms with Crippen molar-refractivity contribution in [3.63, 3.8) is 0 Å². The molecule has 0 amide bonds. The number of rotatable bonds is 8. The van der Waals surface area contributed by atoms with E-state index in [0.29, 0.717) is 11.8 Å². The highest BCUT2D eigenvalue weighted by Crippen LogP contribution is 2.04. The first-order valence-electron chi connectivity index (χ1n) is 6.34. The number of likely N-dealkylation sites (N-methyl/N-ethyl adjacent to an activating group) is 1. The lowest BCUT2D eigenvalue weighted by Gasteiger charge is -2.28. The van der Waals surface area contributed by atoms with Gasteiger partial charge in [-0.2, -0.15) is 5.26 Å². The third kappa shape index (κ3) is 7.67. The van der Waals surface area contributed by atoms with Crippen LogP contribution in [0.25, 0.3) is 0 Å². The van der Waals surface area contributed by atoms with E-state index >= 15 is 0 Å². The zero-order chi connectivity index (χ0) is 12.6. The van der Waals surface area contributed by atoms with Crippen molar-refractivity contribution < 1.29 is 0 Å². The number of nitrogens with zero attached hydrogens (tertiary/aromatic N) is 2. The Morgan fingerprint density at radius 3 is 1.88 bits per heavy atom. The van der Waals surface area contributed by atoms with E-state index in [-0.39, 0.29) is 6.04 Å². The third-order valence-corrected chi connectivity index (χ3v) is 2.29. The van der Waals surface area contributed by atoms with Gasteiger partial charge in [0, 0.05) is 19.6 Å². The van der Waals surface area contributed by atoms with Crippen LogP contribution in [-0.4, -0.2) is 37.1 Å². The van der Waals surface area contributed by atoms with E-state index in [0.717, 1.165) is 26.2 Å². The van der Waals surface area contributed by atoms with E-state index in [4.69, 9.17) is 5.26 Å². The Balaban J connectivity index is 4.22. The fourth-order valence-corrected chi connectivity index (χ4v) is 1.91. The predicted molar refractivity (Wildman–Crippen MR) is 69.2 cm³/mol. The second-order valence-corrected chi connectivity index (χ2v) is 5.25. The summed E-state index contributed by atoms with van der Waals surface area (Å²) in [5.41, 5.74) is 0. The standard InChI is InChI=1S/C13H27N3/c1-6-15-13(7-14)10-16(8-11(2)3)9-12(4)5/h11-13,15H,6,8-10H2,1-5H3. The summed E-state index contributed by atoms with van der Waals surface area (Å²) in [5.74, 6) is 1.31. The van der Waals surface area contributed by atoms with E-state index in [9.17, 15) is 0 Å². The summed E-state index contributed by atoms with van der Waals surface area (Å²) < 4.78 is 0. The minimum absolute atomic E-state index is 0.0394. The van der Waals surface area contributed by atoms with Crippen LogP contribution in [0.2, 0.25) is 0 Å². The van der Waals surface area contributed by atoms with Crippen LogP contribution in [0.4, 0.5) is 0 Å². The highest BCUT2D eigenvalue weighted by atomic mass is 15.1. The molecule has 0 spiro atoms. The van der Waals surface area contributed by atoms with Crippen molar-refractivity contribution in [1.29, 1.82) is 5.26 Å². The van der Waals surface area contributed by atoms with Gasteiger partial charge in [0.15, 0.2) is 0 Å². The lowest BCUT2D eigenvalue weighted by Crippen LogP contribution is -2.43. The molecule has 0 aromatic carbocycles. The van der Waals surface area contributed by atoms with Gasteiger partial charge in [-0.15, -0.1) is 0 Å². The summed E-state index contributed by atoms with van der Waals surface area (Å²) >= 11 is 0. The summed E-state index contributed by atoms with van der Waals surface area (Å²) in [6, 6.07) is 2.29. The Labute approximate surface area is 101 Å². The molecule has 0 saturated heterocycles. The SMILES string of the molecule is CCNC(C#N)CN(CC(C)C)CC(C)C. The summed E-state index contributed by atoms with van der Waals surface area (Å²) in [6.45, 7) is 14.8. The molecule has 3 heteroatoms. The van der Waals surface area contributed by atoms with Crippen LogP contribution in [0.3, 0.4) is 0 Å². The number of nitrogens with one attached hydrogen (secondary N) is 1. The molecule has 0 aromatic heterocycles. The van der Waals surface area contributed by atoms with E-state index in [1.165, 1.54) is 0 Å². The Morgan fingerprint density at radius 1 is 1.06 bits per heavy atom. The molecule has 3 nitrogen and oxygen atoms in total. The van der Waals surface area contributed by atoms with Crippen LogP contribution < -0.4 is 5.32 Å². The lowest BCUT2D eigenvalue weighted by molar-refractivity contribution is 0.209. The predicted octanol–water partition coefficient (Wildman–Crippen LogP) is 2.10. The average Bonchev–Trinajstić information content (AvgIpc) is 2.14. The van der Waals surface area contributed by atoms with Crippen LogP contribution in [0.1, 0.15) is 34.6 Å². The minimum Gasteiger partial charge on any atom is -0.301 e. The highest BCUT2D eigenvalue weighted by molar-refractivity contribution is 4.92. The number of hydrogen-bond acceptors (Lipinski definition) is 3. The largest absolute Gasteiger partial charge is 0.301 e. The fraction of sp³-hybridized carbons (Fsp3) is 0.923. The van der Waals surface area contributed by atoms with Crippen molar-refractivity contribution in [3.8, 4) is 6.07 Å². The van der Waals surface area contributed by atoms with Crippen molar-refractivity contribution in [3.05, 3.63) is 0 Å². The van der Waals surface area contributed by atoms with Gasteiger partial charge < -0.3 is 10.2 Å². The van der Waals surface area contributed by atoms with Crippen molar-refractivity contribution >= 4 is 0 Å². The normalized spacial score (nSPS) is 13.4. The van der Waals surface area contributed by atoms with Gasteiger partial charge in [0.1, 0.15) is 6.04 Å². The van der Waals surface area contributed by atoms with Crippen molar-refractivity contribution in [1.82, 2.24) is 10.2 Å². The smallest absolute Gasteiger partial charge is 0.108 e. The first-order valence-corrected chi connectivity index (χ1v) is 6.34. The van der Waals surface area contributed by atoms with Gasteiger partial charge in [0.2, 0.25) is 0 Å². The van der Waals surface area contributed by atoms with E-state index in [1.54, 1.807) is 0 Å². The molecule has 16 heavy (non-hydrogen) atoms. The average molecular weight is 225 g/mol. The molecule has 0 heterocycles. The molecule has 94 valence electrons. The van der Waals surface area contributed by atoms with E-state index < -0.39 is 0 Å². The van der Waals surface area contributed by atoms with Crippen molar-refractivity contribution in [2.75, 3.05) is 26.2 Å². The van der Waals surface area contributed by atoms with Crippen LogP contribution in [0.15, 0.2) is 0 Å². The summed E-state index contributed by atoms with van der Waals surface area (Å²) in [4.78, 5) is 2.39. The van der Waals surface area contributed by atoms with Gasteiger partial charge in [-0.25, -0.2) is 0 Å². The molecular weight excluding hydrogens is 198 g/mol. The van der Waals surface area contributed by atoms with Crippen LogP contribution >= 0.6 is 0 Å². The zero-order valence-corrected chi connectivity index (χ0v) is 11.5. The minimum atomic E-state index is -0.0394. The second-order valence-electron chi connectivity index (χ2n) is 5.25. The Hall–Kier alpha value is -0.590. The van der Waals surface area contributed by atoms with Gasteiger partial charge in [0.25, 0.3) is 0 Å². The second kappa shape index (κ2) is 8.55. The molecule has 0 aliphatic carbocycles. The molecule has 0 rings (SSSR count). The lowest BCUT2D eigenvalue weighted by atomic mass is 10.1. The number of nitriles is 1. The highest BCUT2D eigenvalue weighted by Gasteiger charge is 2.14. The zero-order valence-electron chi connectivity index (χ0n) is 11.5. The Kier molecular flexibility index (Phi) is 8.23. The fourth-order valence-electron chi connectivity index (χ4n) is 1.91. The quantitative estimate of drug-likeness (QED) is 0.687. The monoisotopic (exact) mass is 225 g/mol. The molecule has 0 saturated carbocycles. The molecule has 0 aliphatic rings. The third-order valence-electron chi connectivity index (χ3n) is 2.29. The molecular formula is C13H27N3. The first-order chi connectivity index (χ1) is 7.49. The van der Waals surface area contributed by atoms with Crippen molar-refractivity contribution in [2.45, 2.75) is 40.7 Å². The summed E-state index contributed by atoms with van der Waals surface area (Å²) in [5, 5.41) is 12.2. The molecule has 1 unspecified atom stereocenters. The number of hydrogen-bond donors (Lipinski definition) is 1. The molecule has 0 aliphatic heterocycles. The maximum absolute atomic E-state index is 9.04. The van der Waals surface area contributed by atoms with Gasteiger partial charge in [-0.05, 0) is 18.4 Å². The van der Waals surface area contributed by atoms with Crippen molar-refractivity contribution in [2.24, 2.45) is 11.8 Å². The maximum Gasteiger partial charge on any atom is 0.108 e. The Bertz CT molecular complexity index is 196.